The highest BCUT2D eigenvalue weighted by Gasteiger charge is 2.42. The van der Waals surface area contributed by atoms with E-state index >= 15 is 0 Å². The van der Waals surface area contributed by atoms with Gasteiger partial charge in [-0.3, -0.25) is 4.79 Å². The second-order valence-corrected chi connectivity index (χ2v) is 5.75. The quantitative estimate of drug-likeness (QED) is 0.770. The number of carbonyl (C=O) groups is 1. The van der Waals surface area contributed by atoms with E-state index in [4.69, 9.17) is 9.47 Å². The Bertz CT molecular complexity index is 294. The molecule has 2 saturated heterocycles. The number of hydrogen-bond donors (Lipinski definition) is 0. The minimum Gasteiger partial charge on any atom is -0.346 e. The maximum absolute atomic E-state index is 12.6. The molecule has 0 bridgehead atoms. The Morgan fingerprint density at radius 2 is 1.84 bits per heavy atom. The van der Waals surface area contributed by atoms with Crippen LogP contribution in [0.5, 0.6) is 0 Å². The summed E-state index contributed by atoms with van der Waals surface area (Å²) in [5, 5.41) is 0. The Morgan fingerprint density at radius 1 is 1.21 bits per heavy atom. The highest BCUT2D eigenvalue weighted by Crippen LogP contribution is 2.31. The highest BCUT2D eigenvalue weighted by atomic mass is 16.7. The van der Waals surface area contributed by atoms with Crippen LogP contribution in [0.3, 0.4) is 0 Å². The molecule has 0 radical (unpaired) electrons. The Labute approximate surface area is 116 Å². The Hall–Kier alpha value is -0.610. The molecule has 1 spiro atoms. The van der Waals surface area contributed by atoms with Gasteiger partial charge in [-0.15, -0.1) is 0 Å². The third-order valence-electron chi connectivity index (χ3n) is 4.17. The van der Waals surface area contributed by atoms with Crippen molar-refractivity contribution in [3.8, 4) is 0 Å². The first-order valence-corrected chi connectivity index (χ1v) is 7.77. The van der Waals surface area contributed by atoms with Crippen molar-refractivity contribution in [1.82, 2.24) is 4.90 Å². The Balaban J connectivity index is 1.97. The first-order valence-electron chi connectivity index (χ1n) is 7.77. The van der Waals surface area contributed by atoms with Crippen LogP contribution >= 0.6 is 0 Å². The molecule has 0 N–H and O–H groups in total. The van der Waals surface area contributed by atoms with Crippen LogP contribution in [-0.4, -0.2) is 42.9 Å². The summed E-state index contributed by atoms with van der Waals surface area (Å²) in [5.41, 5.74) is 0. The number of rotatable bonds is 5. The van der Waals surface area contributed by atoms with Crippen molar-refractivity contribution >= 4 is 5.91 Å². The minimum absolute atomic E-state index is 0.187. The standard InChI is InChI=1S/C15H27NO3/c1-3-6-13(7-4-2)14(17)16-9-5-8-15(12-16)18-10-11-19-15/h13H,3-12H2,1-2H3. The number of ether oxygens (including phenoxy) is 2. The van der Waals surface area contributed by atoms with E-state index in [1.54, 1.807) is 0 Å². The van der Waals surface area contributed by atoms with E-state index in [1.807, 2.05) is 4.90 Å². The number of carbonyl (C=O) groups excluding carboxylic acids is 1. The van der Waals surface area contributed by atoms with Crippen molar-refractivity contribution in [1.29, 1.82) is 0 Å². The smallest absolute Gasteiger partial charge is 0.225 e. The van der Waals surface area contributed by atoms with Gasteiger partial charge >= 0.3 is 0 Å². The second-order valence-electron chi connectivity index (χ2n) is 5.75. The molecular weight excluding hydrogens is 242 g/mol. The lowest BCUT2D eigenvalue weighted by Gasteiger charge is -2.39. The number of amides is 1. The molecular formula is C15H27NO3. The molecule has 2 aliphatic rings. The fourth-order valence-corrected chi connectivity index (χ4v) is 3.26. The van der Waals surface area contributed by atoms with Crippen molar-refractivity contribution < 1.29 is 14.3 Å². The van der Waals surface area contributed by atoms with Gasteiger partial charge in [-0.05, 0) is 19.3 Å². The predicted molar refractivity (Wildman–Crippen MR) is 73.8 cm³/mol. The van der Waals surface area contributed by atoms with Crippen molar-refractivity contribution in [2.24, 2.45) is 5.92 Å². The average Bonchev–Trinajstić information content (AvgIpc) is 2.86. The molecule has 2 aliphatic heterocycles. The molecule has 0 aromatic carbocycles. The predicted octanol–water partition coefficient (Wildman–Crippen LogP) is 2.57. The van der Waals surface area contributed by atoms with Crippen LogP contribution in [0.1, 0.15) is 52.4 Å². The molecule has 2 rings (SSSR count). The summed E-state index contributed by atoms with van der Waals surface area (Å²) in [6.07, 6.45) is 6.04. The van der Waals surface area contributed by atoms with E-state index in [0.717, 1.165) is 45.1 Å². The number of likely N-dealkylation sites (tertiary alicyclic amines) is 1. The second kappa shape index (κ2) is 6.71. The van der Waals surface area contributed by atoms with Crippen LogP contribution in [0, 0.1) is 5.92 Å². The summed E-state index contributed by atoms with van der Waals surface area (Å²) in [7, 11) is 0. The molecule has 0 unspecified atom stereocenters. The number of nitrogens with zero attached hydrogens (tertiary/aromatic N) is 1. The van der Waals surface area contributed by atoms with Crippen LogP contribution in [-0.2, 0) is 14.3 Å². The topological polar surface area (TPSA) is 38.8 Å². The molecule has 2 fully saturated rings. The lowest BCUT2D eigenvalue weighted by Crippen LogP contribution is -2.52. The third-order valence-corrected chi connectivity index (χ3v) is 4.17. The summed E-state index contributed by atoms with van der Waals surface area (Å²) in [6.45, 7) is 7.10. The van der Waals surface area contributed by atoms with Crippen LogP contribution in [0.4, 0.5) is 0 Å². The summed E-state index contributed by atoms with van der Waals surface area (Å²) in [6, 6.07) is 0. The Morgan fingerprint density at radius 3 is 2.42 bits per heavy atom. The molecule has 0 aliphatic carbocycles. The van der Waals surface area contributed by atoms with Gasteiger partial charge in [-0.2, -0.15) is 0 Å². The maximum Gasteiger partial charge on any atom is 0.225 e. The zero-order valence-electron chi connectivity index (χ0n) is 12.3. The van der Waals surface area contributed by atoms with Crippen LogP contribution in [0.15, 0.2) is 0 Å². The van der Waals surface area contributed by atoms with Gasteiger partial charge in [-0.1, -0.05) is 26.7 Å². The van der Waals surface area contributed by atoms with Gasteiger partial charge in [0.1, 0.15) is 0 Å². The molecule has 0 aromatic heterocycles. The normalized spacial score (nSPS) is 22.4. The molecule has 2 heterocycles. The van der Waals surface area contributed by atoms with E-state index < -0.39 is 5.79 Å². The fourth-order valence-electron chi connectivity index (χ4n) is 3.26. The maximum atomic E-state index is 12.6. The lowest BCUT2D eigenvalue weighted by molar-refractivity contribution is -0.194. The van der Waals surface area contributed by atoms with Crippen molar-refractivity contribution in [2.45, 2.75) is 58.2 Å². The van der Waals surface area contributed by atoms with Crippen molar-refractivity contribution in [3.05, 3.63) is 0 Å². The largest absolute Gasteiger partial charge is 0.346 e. The van der Waals surface area contributed by atoms with E-state index in [9.17, 15) is 4.79 Å². The first-order chi connectivity index (χ1) is 9.21. The van der Waals surface area contributed by atoms with Gasteiger partial charge in [0.25, 0.3) is 0 Å². The molecule has 4 nitrogen and oxygen atoms in total. The monoisotopic (exact) mass is 269 g/mol. The molecule has 4 heteroatoms. The van der Waals surface area contributed by atoms with Gasteiger partial charge in [0.2, 0.25) is 5.91 Å². The minimum atomic E-state index is -0.489. The van der Waals surface area contributed by atoms with Crippen LogP contribution < -0.4 is 0 Å². The molecule has 110 valence electrons. The van der Waals surface area contributed by atoms with Gasteiger partial charge in [0.05, 0.1) is 19.8 Å². The highest BCUT2D eigenvalue weighted by molar-refractivity contribution is 5.79. The lowest BCUT2D eigenvalue weighted by atomic mass is 9.94. The van der Waals surface area contributed by atoms with E-state index in [-0.39, 0.29) is 5.92 Å². The molecule has 0 saturated carbocycles. The van der Waals surface area contributed by atoms with E-state index in [2.05, 4.69) is 13.8 Å². The summed E-state index contributed by atoms with van der Waals surface area (Å²) in [5.74, 6) is 0.00472. The zero-order chi connectivity index (χ0) is 13.7. The van der Waals surface area contributed by atoms with Gasteiger partial charge in [0, 0.05) is 18.9 Å². The van der Waals surface area contributed by atoms with Crippen LogP contribution in [0.25, 0.3) is 0 Å². The van der Waals surface area contributed by atoms with Gasteiger partial charge in [0.15, 0.2) is 5.79 Å². The van der Waals surface area contributed by atoms with Crippen molar-refractivity contribution in [3.63, 3.8) is 0 Å². The van der Waals surface area contributed by atoms with E-state index in [0.29, 0.717) is 25.7 Å². The molecule has 0 aromatic rings. The molecule has 19 heavy (non-hydrogen) atoms. The van der Waals surface area contributed by atoms with Gasteiger partial charge < -0.3 is 14.4 Å². The number of piperidine rings is 1. The molecule has 0 atom stereocenters. The first kappa shape index (κ1) is 14.8. The average molecular weight is 269 g/mol. The Kier molecular flexibility index (Phi) is 5.22. The zero-order valence-corrected chi connectivity index (χ0v) is 12.3. The SMILES string of the molecule is CCCC(CCC)C(=O)N1CCCC2(C1)OCCO2. The number of hydrogen-bond acceptors (Lipinski definition) is 3. The van der Waals surface area contributed by atoms with Crippen LogP contribution in [0.2, 0.25) is 0 Å². The molecule has 1 amide bonds. The summed E-state index contributed by atoms with van der Waals surface area (Å²) < 4.78 is 11.5. The fraction of sp³-hybridized carbons (Fsp3) is 0.933. The van der Waals surface area contributed by atoms with Gasteiger partial charge in [-0.25, -0.2) is 0 Å². The van der Waals surface area contributed by atoms with Crippen molar-refractivity contribution in [2.75, 3.05) is 26.3 Å². The third kappa shape index (κ3) is 3.48. The summed E-state index contributed by atoms with van der Waals surface area (Å²) in [4.78, 5) is 14.6. The summed E-state index contributed by atoms with van der Waals surface area (Å²) >= 11 is 0. The van der Waals surface area contributed by atoms with E-state index in [1.165, 1.54) is 0 Å².